The molecule has 1 fully saturated rings. The van der Waals surface area contributed by atoms with Crippen LogP contribution in [0, 0.1) is 18.6 Å². The second-order valence-corrected chi connectivity index (χ2v) is 6.99. The summed E-state index contributed by atoms with van der Waals surface area (Å²) in [4.78, 5) is 41.1. The van der Waals surface area contributed by atoms with Gasteiger partial charge in [0.15, 0.2) is 16.8 Å². The Kier molecular flexibility index (Phi) is 5.08. The van der Waals surface area contributed by atoms with E-state index in [1.807, 2.05) is 0 Å². The predicted molar refractivity (Wildman–Crippen MR) is 91.4 cm³/mol. The minimum atomic E-state index is -0.972. The molecule has 3 amide bonds. The first-order valence-electron chi connectivity index (χ1n) is 7.91. The molecule has 9 heteroatoms. The number of likely N-dealkylation sites (tertiary alicyclic amines) is 1. The first-order valence-corrected chi connectivity index (χ1v) is 8.72. The van der Waals surface area contributed by atoms with Crippen molar-refractivity contribution in [2.45, 2.75) is 26.2 Å². The summed E-state index contributed by atoms with van der Waals surface area (Å²) >= 11 is 1.20. The average Bonchev–Trinajstić information content (AvgIpc) is 3.10. The van der Waals surface area contributed by atoms with E-state index in [1.54, 1.807) is 6.92 Å². The normalized spacial score (nSPS) is 14.2. The molecular formula is C17H15F2N3O3S. The molecule has 1 aromatic heterocycles. The Morgan fingerprint density at radius 1 is 1.23 bits per heavy atom. The van der Waals surface area contributed by atoms with Crippen LogP contribution in [-0.4, -0.2) is 34.2 Å². The van der Waals surface area contributed by atoms with Crippen LogP contribution in [0.4, 0.5) is 13.9 Å². The monoisotopic (exact) mass is 379 g/mol. The zero-order valence-electron chi connectivity index (χ0n) is 13.8. The Bertz CT molecular complexity index is 881. The highest BCUT2D eigenvalue weighted by atomic mass is 32.1. The fraction of sp³-hybridized carbons (Fsp3) is 0.294. The van der Waals surface area contributed by atoms with Crippen LogP contribution in [0.15, 0.2) is 18.2 Å². The van der Waals surface area contributed by atoms with E-state index in [2.05, 4.69) is 10.3 Å². The number of nitrogens with zero attached hydrogens (tertiary/aromatic N) is 2. The highest BCUT2D eigenvalue weighted by molar-refractivity contribution is 7.16. The van der Waals surface area contributed by atoms with Crippen LogP contribution in [0.25, 0.3) is 11.3 Å². The molecule has 26 heavy (non-hydrogen) atoms. The lowest BCUT2D eigenvalue weighted by Gasteiger charge is -2.12. The second-order valence-electron chi connectivity index (χ2n) is 5.79. The van der Waals surface area contributed by atoms with E-state index in [0.717, 1.165) is 21.9 Å². The van der Waals surface area contributed by atoms with Gasteiger partial charge in [0.2, 0.25) is 17.7 Å². The number of nitrogens with one attached hydrogen (secondary N) is 1. The summed E-state index contributed by atoms with van der Waals surface area (Å²) in [5.41, 5.74) is 0.862. The number of halogens is 2. The van der Waals surface area contributed by atoms with Gasteiger partial charge in [0, 0.05) is 36.2 Å². The highest BCUT2D eigenvalue weighted by Crippen LogP contribution is 2.31. The van der Waals surface area contributed by atoms with Gasteiger partial charge in [0.25, 0.3) is 0 Å². The number of imide groups is 1. The molecule has 0 aliphatic carbocycles. The Hall–Kier alpha value is -2.68. The molecule has 0 unspecified atom stereocenters. The zero-order valence-corrected chi connectivity index (χ0v) is 14.7. The molecule has 1 N–H and O–H groups in total. The van der Waals surface area contributed by atoms with E-state index in [-0.39, 0.29) is 43.5 Å². The van der Waals surface area contributed by atoms with Gasteiger partial charge in [-0.3, -0.25) is 19.3 Å². The van der Waals surface area contributed by atoms with Crippen LogP contribution >= 0.6 is 11.3 Å². The smallest absolute Gasteiger partial charge is 0.229 e. The number of carbonyl (C=O) groups is 3. The third kappa shape index (κ3) is 3.77. The number of thiazole rings is 1. The molecule has 2 heterocycles. The summed E-state index contributed by atoms with van der Waals surface area (Å²) in [6, 6.07) is 3.48. The molecule has 0 spiro atoms. The van der Waals surface area contributed by atoms with Crippen LogP contribution in [0.1, 0.15) is 24.1 Å². The summed E-state index contributed by atoms with van der Waals surface area (Å²) in [6.07, 6.45) is 0.337. The lowest BCUT2D eigenvalue weighted by Crippen LogP contribution is -2.32. The Morgan fingerprint density at radius 2 is 1.92 bits per heavy atom. The second kappa shape index (κ2) is 7.28. The SMILES string of the molecule is Cc1sc(NC(=O)CCN2C(=O)CCC2=O)nc1-c1ccc(F)c(F)c1. The molecule has 1 aliphatic heterocycles. The van der Waals surface area contributed by atoms with Gasteiger partial charge in [-0.2, -0.15) is 0 Å². The molecular weight excluding hydrogens is 364 g/mol. The number of hydrogen-bond donors (Lipinski definition) is 1. The molecule has 0 radical (unpaired) electrons. The zero-order chi connectivity index (χ0) is 18.8. The number of carbonyl (C=O) groups excluding carboxylic acids is 3. The van der Waals surface area contributed by atoms with Crippen molar-refractivity contribution >= 4 is 34.2 Å². The maximum atomic E-state index is 13.4. The van der Waals surface area contributed by atoms with E-state index in [1.165, 1.54) is 17.4 Å². The number of anilines is 1. The number of benzene rings is 1. The molecule has 6 nitrogen and oxygen atoms in total. The topological polar surface area (TPSA) is 79.4 Å². The van der Waals surface area contributed by atoms with Crippen LogP contribution < -0.4 is 5.32 Å². The number of aryl methyl sites for hydroxylation is 1. The van der Waals surface area contributed by atoms with Crippen molar-refractivity contribution in [3.63, 3.8) is 0 Å². The van der Waals surface area contributed by atoms with E-state index in [4.69, 9.17) is 0 Å². The lowest BCUT2D eigenvalue weighted by molar-refractivity contribution is -0.138. The average molecular weight is 379 g/mol. The summed E-state index contributed by atoms with van der Waals surface area (Å²) in [6.45, 7) is 1.79. The quantitative estimate of drug-likeness (QED) is 0.811. The van der Waals surface area contributed by atoms with Gasteiger partial charge in [0.05, 0.1) is 5.69 Å². The minimum absolute atomic E-state index is 0.0311. The maximum absolute atomic E-state index is 13.4. The highest BCUT2D eigenvalue weighted by Gasteiger charge is 2.28. The number of amides is 3. The van der Waals surface area contributed by atoms with E-state index in [9.17, 15) is 23.2 Å². The molecule has 1 saturated heterocycles. The summed E-state index contributed by atoms with van der Waals surface area (Å²) in [5, 5.41) is 2.92. The van der Waals surface area contributed by atoms with Crippen molar-refractivity contribution in [3.8, 4) is 11.3 Å². The van der Waals surface area contributed by atoms with Gasteiger partial charge in [-0.15, -0.1) is 11.3 Å². The fourth-order valence-corrected chi connectivity index (χ4v) is 3.48. The predicted octanol–water partition coefficient (Wildman–Crippen LogP) is 2.87. The van der Waals surface area contributed by atoms with Crippen molar-refractivity contribution < 1.29 is 23.2 Å². The Morgan fingerprint density at radius 3 is 2.58 bits per heavy atom. The van der Waals surface area contributed by atoms with Crippen LogP contribution in [0.2, 0.25) is 0 Å². The molecule has 1 aromatic carbocycles. The largest absolute Gasteiger partial charge is 0.302 e. The van der Waals surface area contributed by atoms with Crippen molar-refractivity contribution in [1.29, 1.82) is 0 Å². The summed E-state index contributed by atoms with van der Waals surface area (Å²) in [7, 11) is 0. The van der Waals surface area contributed by atoms with Crippen LogP contribution in [-0.2, 0) is 14.4 Å². The van der Waals surface area contributed by atoms with E-state index >= 15 is 0 Å². The Balaban J connectivity index is 1.65. The van der Waals surface area contributed by atoms with Gasteiger partial charge in [-0.1, -0.05) is 0 Å². The molecule has 0 bridgehead atoms. The van der Waals surface area contributed by atoms with Crippen molar-refractivity contribution in [1.82, 2.24) is 9.88 Å². The van der Waals surface area contributed by atoms with Gasteiger partial charge in [0.1, 0.15) is 0 Å². The first kappa shape index (κ1) is 18.1. The minimum Gasteiger partial charge on any atom is -0.302 e. The van der Waals surface area contributed by atoms with Crippen molar-refractivity contribution in [2.75, 3.05) is 11.9 Å². The molecule has 1 aliphatic rings. The standard InChI is InChI=1S/C17H15F2N3O3S/c1-9-16(10-2-3-11(18)12(19)8-10)21-17(26-9)20-13(23)6-7-22-14(24)4-5-15(22)25/h2-3,8H,4-7H2,1H3,(H,20,21,23). The molecule has 136 valence electrons. The molecule has 3 rings (SSSR count). The molecule has 0 atom stereocenters. The van der Waals surface area contributed by atoms with Crippen LogP contribution in [0.3, 0.4) is 0 Å². The summed E-state index contributed by atoms with van der Waals surface area (Å²) < 4.78 is 26.5. The van der Waals surface area contributed by atoms with Gasteiger partial charge in [-0.25, -0.2) is 13.8 Å². The third-order valence-corrected chi connectivity index (χ3v) is 4.84. The third-order valence-electron chi connectivity index (χ3n) is 3.95. The van der Waals surface area contributed by atoms with Crippen molar-refractivity contribution in [2.24, 2.45) is 0 Å². The molecule has 2 aromatic rings. The van der Waals surface area contributed by atoms with Gasteiger partial charge >= 0.3 is 0 Å². The summed E-state index contributed by atoms with van der Waals surface area (Å²) in [5.74, 6) is -2.84. The lowest BCUT2D eigenvalue weighted by atomic mass is 10.1. The van der Waals surface area contributed by atoms with E-state index < -0.39 is 11.6 Å². The first-order chi connectivity index (χ1) is 12.3. The van der Waals surface area contributed by atoms with Crippen molar-refractivity contribution in [3.05, 3.63) is 34.7 Å². The maximum Gasteiger partial charge on any atom is 0.229 e. The van der Waals surface area contributed by atoms with Crippen LogP contribution in [0.5, 0.6) is 0 Å². The number of rotatable bonds is 5. The fourth-order valence-electron chi connectivity index (χ4n) is 2.63. The Labute approximate surface area is 151 Å². The van der Waals surface area contributed by atoms with Gasteiger partial charge < -0.3 is 5.32 Å². The number of hydrogen-bond acceptors (Lipinski definition) is 5. The van der Waals surface area contributed by atoms with E-state index in [0.29, 0.717) is 16.4 Å². The van der Waals surface area contributed by atoms with Gasteiger partial charge in [-0.05, 0) is 25.1 Å². The molecule has 0 saturated carbocycles. The number of aromatic nitrogens is 1.